The van der Waals surface area contributed by atoms with Crippen LogP contribution in [0.1, 0.15) is 32.8 Å². The number of benzene rings is 1. The number of carbonyl (C=O) groups excluding carboxylic acids is 1. The number of rotatable bonds is 7. The van der Waals surface area contributed by atoms with E-state index in [0.717, 1.165) is 12.0 Å². The van der Waals surface area contributed by atoms with Gasteiger partial charge in [0.15, 0.2) is 5.60 Å². The fourth-order valence-corrected chi connectivity index (χ4v) is 1.53. The second-order valence-corrected chi connectivity index (χ2v) is 4.86. The van der Waals surface area contributed by atoms with Crippen molar-refractivity contribution >= 4 is 12.0 Å². The lowest BCUT2D eigenvalue weighted by molar-refractivity contribution is -0.159. The van der Waals surface area contributed by atoms with Gasteiger partial charge < -0.3 is 14.2 Å². The van der Waals surface area contributed by atoms with Crippen molar-refractivity contribution in [2.24, 2.45) is 0 Å². The van der Waals surface area contributed by atoms with E-state index < -0.39 is 5.60 Å². The molecule has 0 saturated carbocycles. The van der Waals surface area contributed by atoms with Gasteiger partial charge in [0.2, 0.25) is 0 Å². The molecule has 0 unspecified atom stereocenters. The number of carbonyl (C=O) groups is 1. The lowest BCUT2D eigenvalue weighted by atomic mass is 10.1. The van der Waals surface area contributed by atoms with E-state index in [1.54, 1.807) is 33.3 Å². The van der Waals surface area contributed by atoms with E-state index in [2.05, 4.69) is 0 Å². The SMILES string of the molecule is CCCOC(=O)C(C)(C)Oc1cccc(/C=C/OC)c1. The molecular weight excluding hydrogens is 256 g/mol. The van der Waals surface area contributed by atoms with Crippen LogP contribution in [-0.2, 0) is 14.3 Å². The quantitative estimate of drug-likeness (QED) is 0.566. The zero-order chi connectivity index (χ0) is 15.0. The first-order chi connectivity index (χ1) is 9.49. The molecule has 4 heteroatoms. The van der Waals surface area contributed by atoms with Gasteiger partial charge in [-0.1, -0.05) is 19.1 Å². The summed E-state index contributed by atoms with van der Waals surface area (Å²) in [5, 5.41) is 0. The van der Waals surface area contributed by atoms with E-state index >= 15 is 0 Å². The third-order valence-corrected chi connectivity index (χ3v) is 2.56. The number of hydrogen-bond acceptors (Lipinski definition) is 4. The van der Waals surface area contributed by atoms with E-state index in [0.29, 0.717) is 12.4 Å². The number of hydrogen-bond donors (Lipinski definition) is 0. The minimum absolute atomic E-state index is 0.364. The summed E-state index contributed by atoms with van der Waals surface area (Å²) in [7, 11) is 1.59. The first kappa shape index (κ1) is 16.1. The molecule has 0 N–H and O–H groups in total. The van der Waals surface area contributed by atoms with E-state index in [1.807, 2.05) is 31.2 Å². The predicted octanol–water partition coefficient (Wildman–Crippen LogP) is 3.41. The van der Waals surface area contributed by atoms with E-state index in [-0.39, 0.29) is 5.97 Å². The Kier molecular flexibility index (Phi) is 6.10. The molecule has 0 radical (unpaired) electrons. The molecule has 0 aliphatic rings. The van der Waals surface area contributed by atoms with Crippen molar-refractivity contribution in [1.82, 2.24) is 0 Å². The van der Waals surface area contributed by atoms with Crippen LogP contribution < -0.4 is 4.74 Å². The molecule has 110 valence electrons. The molecule has 0 amide bonds. The monoisotopic (exact) mass is 278 g/mol. The second-order valence-electron chi connectivity index (χ2n) is 4.86. The smallest absolute Gasteiger partial charge is 0.349 e. The van der Waals surface area contributed by atoms with Crippen molar-refractivity contribution in [1.29, 1.82) is 0 Å². The standard InChI is InChI=1S/C16H22O4/c1-5-10-19-15(17)16(2,3)20-14-8-6-7-13(12-14)9-11-18-4/h6-9,11-12H,5,10H2,1-4H3/b11-9+. The Labute approximate surface area is 120 Å². The van der Waals surface area contributed by atoms with Gasteiger partial charge in [-0.3, -0.25) is 0 Å². The molecule has 0 saturated heterocycles. The Morgan fingerprint density at radius 3 is 2.75 bits per heavy atom. The third-order valence-electron chi connectivity index (χ3n) is 2.56. The molecule has 0 fully saturated rings. The molecule has 0 heterocycles. The van der Waals surface area contributed by atoms with E-state index in [9.17, 15) is 4.79 Å². The number of esters is 1. The zero-order valence-corrected chi connectivity index (χ0v) is 12.5. The summed E-state index contributed by atoms with van der Waals surface area (Å²) in [6.45, 7) is 5.75. The summed E-state index contributed by atoms with van der Waals surface area (Å²) in [5.41, 5.74) is -0.0826. The zero-order valence-electron chi connectivity index (χ0n) is 12.5. The van der Waals surface area contributed by atoms with Gasteiger partial charge in [0.25, 0.3) is 0 Å². The van der Waals surface area contributed by atoms with Gasteiger partial charge in [-0.25, -0.2) is 4.79 Å². The molecule has 4 nitrogen and oxygen atoms in total. The van der Waals surface area contributed by atoms with Crippen LogP contribution in [-0.4, -0.2) is 25.3 Å². The number of methoxy groups -OCH3 is 1. The third kappa shape index (κ3) is 4.96. The summed E-state index contributed by atoms with van der Waals surface area (Å²) in [4.78, 5) is 11.9. The summed E-state index contributed by atoms with van der Waals surface area (Å²) < 4.78 is 15.7. The van der Waals surface area contributed by atoms with Crippen molar-refractivity contribution in [3.05, 3.63) is 36.1 Å². The summed E-state index contributed by atoms with van der Waals surface area (Å²) in [6.07, 6.45) is 4.19. The maximum absolute atomic E-state index is 11.9. The minimum Gasteiger partial charge on any atom is -0.504 e. The summed E-state index contributed by atoms with van der Waals surface area (Å²) in [5.74, 6) is 0.249. The average molecular weight is 278 g/mol. The lowest BCUT2D eigenvalue weighted by Gasteiger charge is -2.24. The predicted molar refractivity (Wildman–Crippen MR) is 78.4 cm³/mol. The normalized spacial score (nSPS) is 11.4. The summed E-state index contributed by atoms with van der Waals surface area (Å²) >= 11 is 0. The Morgan fingerprint density at radius 1 is 1.35 bits per heavy atom. The second kappa shape index (κ2) is 7.58. The molecule has 0 spiro atoms. The first-order valence-corrected chi connectivity index (χ1v) is 6.65. The average Bonchev–Trinajstić information content (AvgIpc) is 2.42. The van der Waals surface area contributed by atoms with Gasteiger partial charge in [-0.05, 0) is 44.0 Å². The molecule has 1 aromatic carbocycles. The van der Waals surface area contributed by atoms with E-state index in [1.165, 1.54) is 0 Å². The van der Waals surface area contributed by atoms with Crippen LogP contribution >= 0.6 is 0 Å². The van der Waals surface area contributed by atoms with Gasteiger partial charge >= 0.3 is 5.97 Å². The van der Waals surface area contributed by atoms with Gasteiger partial charge in [-0.15, -0.1) is 0 Å². The van der Waals surface area contributed by atoms with Crippen molar-refractivity contribution in [3.8, 4) is 5.75 Å². The van der Waals surface area contributed by atoms with Gasteiger partial charge in [0, 0.05) is 0 Å². The largest absolute Gasteiger partial charge is 0.504 e. The molecular formula is C16H22O4. The molecule has 1 rings (SSSR count). The Morgan fingerprint density at radius 2 is 2.10 bits per heavy atom. The maximum atomic E-state index is 11.9. The van der Waals surface area contributed by atoms with Crippen molar-refractivity contribution in [2.75, 3.05) is 13.7 Å². The van der Waals surface area contributed by atoms with Crippen molar-refractivity contribution in [2.45, 2.75) is 32.8 Å². The lowest BCUT2D eigenvalue weighted by Crippen LogP contribution is -2.39. The molecule has 20 heavy (non-hydrogen) atoms. The van der Waals surface area contributed by atoms with E-state index in [4.69, 9.17) is 14.2 Å². The van der Waals surface area contributed by atoms with Crippen molar-refractivity contribution in [3.63, 3.8) is 0 Å². The fourth-order valence-electron chi connectivity index (χ4n) is 1.53. The highest BCUT2D eigenvalue weighted by molar-refractivity contribution is 5.79. The van der Waals surface area contributed by atoms with Gasteiger partial charge in [0.1, 0.15) is 5.75 Å². The Bertz CT molecular complexity index is 463. The molecule has 0 aliphatic heterocycles. The van der Waals surface area contributed by atoms with Crippen LogP contribution in [0.15, 0.2) is 30.5 Å². The van der Waals surface area contributed by atoms with Crippen LogP contribution in [0.25, 0.3) is 6.08 Å². The highest BCUT2D eigenvalue weighted by Crippen LogP contribution is 2.21. The van der Waals surface area contributed by atoms with Crippen LogP contribution in [0.5, 0.6) is 5.75 Å². The topological polar surface area (TPSA) is 44.8 Å². The first-order valence-electron chi connectivity index (χ1n) is 6.65. The Balaban J connectivity index is 2.76. The van der Waals surface area contributed by atoms with Crippen LogP contribution in [0.2, 0.25) is 0 Å². The van der Waals surface area contributed by atoms with Crippen LogP contribution in [0.3, 0.4) is 0 Å². The minimum atomic E-state index is -1.02. The van der Waals surface area contributed by atoms with Gasteiger partial charge in [0.05, 0.1) is 20.0 Å². The Hall–Kier alpha value is -1.97. The molecule has 0 bridgehead atoms. The maximum Gasteiger partial charge on any atom is 0.349 e. The highest BCUT2D eigenvalue weighted by Gasteiger charge is 2.31. The number of ether oxygens (including phenoxy) is 3. The highest BCUT2D eigenvalue weighted by atomic mass is 16.6. The molecule has 0 atom stereocenters. The molecule has 1 aromatic rings. The van der Waals surface area contributed by atoms with Crippen LogP contribution in [0.4, 0.5) is 0 Å². The summed E-state index contributed by atoms with van der Waals surface area (Å²) in [6, 6.07) is 7.42. The molecule has 0 aromatic heterocycles. The van der Waals surface area contributed by atoms with Crippen LogP contribution in [0, 0.1) is 0 Å². The van der Waals surface area contributed by atoms with Crippen molar-refractivity contribution < 1.29 is 19.0 Å². The fraction of sp³-hybridized carbons (Fsp3) is 0.438. The van der Waals surface area contributed by atoms with Gasteiger partial charge in [-0.2, -0.15) is 0 Å². The molecule has 0 aliphatic carbocycles.